The maximum absolute atomic E-state index is 6.52. The number of aryl methyl sites for hydroxylation is 2. The fourth-order valence-electron chi connectivity index (χ4n) is 5.30. The Balaban J connectivity index is 0.00000210. The maximum atomic E-state index is 6.52. The summed E-state index contributed by atoms with van der Waals surface area (Å²) >= 11 is 0. The summed E-state index contributed by atoms with van der Waals surface area (Å²) in [7, 11) is 4.02. The average Bonchev–Trinajstić information content (AvgIpc) is 3.35. The zero-order valence-corrected chi connectivity index (χ0v) is 24.8. The smallest absolute Gasteiger partial charge is 0.234 e. The van der Waals surface area contributed by atoms with Crippen LogP contribution in [-0.2, 0) is 13.5 Å². The first kappa shape index (κ1) is 31.0. The number of piperidine rings is 1. The molecule has 2 aliphatic rings. The number of benzene rings is 1. The van der Waals surface area contributed by atoms with Crippen molar-refractivity contribution < 1.29 is 9.47 Å². The number of nitrogens with zero attached hydrogens (tertiary/aromatic N) is 7. The van der Waals surface area contributed by atoms with E-state index in [-0.39, 0.29) is 37.0 Å². The van der Waals surface area contributed by atoms with Crippen LogP contribution in [0.25, 0.3) is 22.5 Å². The first-order valence-electron chi connectivity index (χ1n) is 13.9. The average molecular weight is 579 g/mol. The van der Waals surface area contributed by atoms with Crippen molar-refractivity contribution in [3.8, 4) is 34.1 Å². The number of tetrazole rings is 1. The van der Waals surface area contributed by atoms with E-state index >= 15 is 0 Å². The van der Waals surface area contributed by atoms with Crippen LogP contribution in [0, 0.1) is 0 Å². The van der Waals surface area contributed by atoms with Crippen molar-refractivity contribution in [2.24, 2.45) is 7.05 Å². The Hall–Kier alpha value is -2.49. The fraction of sp³-hybridized carbons (Fsp3) is 0.607. The highest BCUT2D eigenvalue weighted by Gasteiger charge is 2.22. The molecule has 1 saturated carbocycles. The fourth-order valence-corrected chi connectivity index (χ4v) is 5.30. The number of unbranched alkanes of at least 4 members (excludes halogenated alkanes) is 1. The molecule has 5 rings (SSSR count). The topological polar surface area (TPSA) is 91.1 Å². The molecule has 0 unspecified atom stereocenters. The van der Waals surface area contributed by atoms with Crippen LogP contribution in [0.2, 0.25) is 0 Å². The van der Waals surface area contributed by atoms with Gasteiger partial charge in [-0.25, -0.2) is 4.68 Å². The summed E-state index contributed by atoms with van der Waals surface area (Å²) in [4.78, 5) is 2.34. The van der Waals surface area contributed by atoms with Gasteiger partial charge >= 0.3 is 0 Å². The van der Waals surface area contributed by atoms with Crippen LogP contribution in [0.1, 0.15) is 70.4 Å². The molecule has 2 aromatic heterocycles. The molecule has 39 heavy (non-hydrogen) atoms. The van der Waals surface area contributed by atoms with E-state index in [1.54, 1.807) is 4.68 Å². The van der Waals surface area contributed by atoms with E-state index in [1.807, 2.05) is 7.05 Å². The minimum absolute atomic E-state index is 0. The Kier molecular flexibility index (Phi) is 11.8. The summed E-state index contributed by atoms with van der Waals surface area (Å²) in [6, 6.07) is 8.38. The molecule has 2 fully saturated rings. The lowest BCUT2D eigenvalue weighted by atomic mass is 9.97. The number of aromatic nitrogens is 6. The molecule has 1 aliphatic heterocycles. The van der Waals surface area contributed by atoms with Gasteiger partial charge in [0.1, 0.15) is 11.9 Å². The quantitative estimate of drug-likeness (QED) is 0.319. The first-order chi connectivity index (χ1) is 18.1. The second-order valence-electron chi connectivity index (χ2n) is 10.5. The third kappa shape index (κ3) is 7.80. The Morgan fingerprint density at radius 2 is 1.59 bits per heavy atom. The molecule has 0 N–H and O–H groups in total. The van der Waals surface area contributed by atoms with Crippen LogP contribution in [0.3, 0.4) is 0 Å². The molecular formula is C28H41Cl2N7O2. The lowest BCUT2D eigenvalue weighted by molar-refractivity contribution is 0.109. The lowest BCUT2D eigenvalue weighted by Crippen LogP contribution is -2.35. The predicted molar refractivity (Wildman–Crippen MR) is 157 cm³/mol. The largest absolute Gasteiger partial charge is 0.490 e. The normalized spacial score (nSPS) is 16.8. The summed E-state index contributed by atoms with van der Waals surface area (Å²) < 4.78 is 14.5. The first-order valence-corrected chi connectivity index (χ1v) is 13.9. The Labute approximate surface area is 243 Å². The summed E-state index contributed by atoms with van der Waals surface area (Å²) in [5.41, 5.74) is 3.97. The zero-order chi connectivity index (χ0) is 25.6. The summed E-state index contributed by atoms with van der Waals surface area (Å²) in [5, 5.41) is 21.4. The minimum atomic E-state index is 0. The zero-order valence-electron chi connectivity index (χ0n) is 23.2. The third-order valence-electron chi connectivity index (χ3n) is 7.57. The van der Waals surface area contributed by atoms with Gasteiger partial charge in [0.25, 0.3) is 0 Å². The highest BCUT2D eigenvalue weighted by Crippen LogP contribution is 2.37. The van der Waals surface area contributed by atoms with Crippen LogP contribution in [0.4, 0.5) is 0 Å². The number of halogens is 2. The molecular weight excluding hydrogens is 537 g/mol. The molecule has 1 aromatic carbocycles. The summed E-state index contributed by atoms with van der Waals surface area (Å²) in [6.45, 7) is 4.27. The molecule has 3 aromatic rings. The van der Waals surface area contributed by atoms with E-state index < -0.39 is 0 Å². The second kappa shape index (κ2) is 14.8. The van der Waals surface area contributed by atoms with Crippen LogP contribution in [0.15, 0.2) is 24.3 Å². The van der Waals surface area contributed by atoms with E-state index in [2.05, 4.69) is 68.9 Å². The lowest BCUT2D eigenvalue weighted by Gasteiger charge is -2.29. The molecule has 0 amide bonds. The standard InChI is InChI=1S/C28H39N7O2.2ClH/c1-4-5-11-25-23(19-27(30-29-25)37-22-14-16-34(2)17-15-22)20-12-13-26(36-21-9-7-6-8-10-21)24(18-20)28-31-32-33-35(28)3;;/h12-13,18-19,21-22H,4-11,14-17H2,1-3H3;2*1H. The van der Waals surface area contributed by atoms with E-state index in [9.17, 15) is 0 Å². The molecule has 0 spiro atoms. The monoisotopic (exact) mass is 577 g/mol. The van der Waals surface area contributed by atoms with Gasteiger partial charge in [0, 0.05) is 31.8 Å². The summed E-state index contributed by atoms with van der Waals surface area (Å²) in [6.07, 6.45) is 11.3. The van der Waals surface area contributed by atoms with E-state index in [1.165, 1.54) is 19.3 Å². The van der Waals surface area contributed by atoms with E-state index in [0.29, 0.717) is 11.7 Å². The van der Waals surface area contributed by atoms with Crippen molar-refractivity contribution in [3.63, 3.8) is 0 Å². The highest BCUT2D eigenvalue weighted by molar-refractivity contribution is 5.85. The Morgan fingerprint density at radius 1 is 0.846 bits per heavy atom. The van der Waals surface area contributed by atoms with Gasteiger partial charge in [-0.1, -0.05) is 25.8 Å². The van der Waals surface area contributed by atoms with Crippen molar-refractivity contribution in [3.05, 3.63) is 30.0 Å². The van der Waals surface area contributed by atoms with Gasteiger partial charge in [-0.05, 0) is 86.5 Å². The van der Waals surface area contributed by atoms with Gasteiger partial charge in [-0.15, -0.1) is 35.0 Å². The molecule has 9 nitrogen and oxygen atoms in total. The second-order valence-corrected chi connectivity index (χ2v) is 10.5. The van der Waals surface area contributed by atoms with Crippen molar-refractivity contribution in [2.75, 3.05) is 20.1 Å². The Bertz CT molecular complexity index is 1180. The van der Waals surface area contributed by atoms with Crippen LogP contribution in [-0.4, -0.2) is 67.6 Å². The molecule has 1 saturated heterocycles. The van der Waals surface area contributed by atoms with E-state index in [4.69, 9.17) is 9.47 Å². The van der Waals surface area contributed by atoms with Crippen molar-refractivity contribution in [1.82, 2.24) is 35.3 Å². The number of likely N-dealkylation sites (tertiary alicyclic amines) is 1. The predicted octanol–water partition coefficient (Wildman–Crippen LogP) is 5.70. The van der Waals surface area contributed by atoms with E-state index in [0.717, 1.165) is 86.2 Å². The van der Waals surface area contributed by atoms with Gasteiger partial charge in [0.05, 0.1) is 17.4 Å². The van der Waals surface area contributed by atoms with Crippen molar-refractivity contribution in [1.29, 1.82) is 0 Å². The number of ether oxygens (including phenoxy) is 2. The molecule has 0 radical (unpaired) electrons. The maximum Gasteiger partial charge on any atom is 0.234 e. The number of rotatable bonds is 9. The highest BCUT2D eigenvalue weighted by atomic mass is 35.5. The molecule has 11 heteroatoms. The number of hydrogen-bond donors (Lipinski definition) is 0. The van der Waals surface area contributed by atoms with Crippen molar-refractivity contribution in [2.45, 2.75) is 83.3 Å². The number of hydrogen-bond acceptors (Lipinski definition) is 8. The molecule has 214 valence electrons. The van der Waals surface area contributed by atoms with Gasteiger partial charge in [0.15, 0.2) is 5.82 Å². The minimum Gasteiger partial charge on any atom is -0.490 e. The SMILES string of the molecule is CCCCc1nnc(OC2CCN(C)CC2)cc1-c1ccc(OC2CCCCC2)c(-c2nnnn2C)c1.Cl.Cl. The molecule has 3 heterocycles. The van der Waals surface area contributed by atoms with Crippen molar-refractivity contribution >= 4 is 24.8 Å². The van der Waals surface area contributed by atoms with Gasteiger partial charge in [0.2, 0.25) is 5.88 Å². The third-order valence-corrected chi connectivity index (χ3v) is 7.57. The Morgan fingerprint density at radius 3 is 2.28 bits per heavy atom. The summed E-state index contributed by atoms with van der Waals surface area (Å²) in [5.74, 6) is 2.11. The van der Waals surface area contributed by atoms with Gasteiger partial charge in [-0.2, -0.15) is 5.10 Å². The molecule has 0 bridgehead atoms. The van der Waals surface area contributed by atoms with Crippen LogP contribution >= 0.6 is 24.8 Å². The van der Waals surface area contributed by atoms with Crippen LogP contribution < -0.4 is 9.47 Å². The van der Waals surface area contributed by atoms with Gasteiger partial charge < -0.3 is 14.4 Å². The molecule has 0 atom stereocenters. The molecule has 1 aliphatic carbocycles. The van der Waals surface area contributed by atoms with Gasteiger partial charge in [-0.3, -0.25) is 0 Å². The van der Waals surface area contributed by atoms with Crippen LogP contribution in [0.5, 0.6) is 11.6 Å².